The summed E-state index contributed by atoms with van der Waals surface area (Å²) in [5, 5.41) is 13.5. The van der Waals surface area contributed by atoms with Crippen LogP contribution in [0.15, 0.2) is 146 Å². The number of aliphatic hydroxyl groups excluding tert-OH is 1. The van der Waals surface area contributed by atoms with Crippen LogP contribution in [0.25, 0.3) is 0 Å². The monoisotopic (exact) mass is 684 g/mol. The fourth-order valence-electron chi connectivity index (χ4n) is 7.69. The normalized spacial score (nSPS) is 17.4. The van der Waals surface area contributed by atoms with Crippen molar-refractivity contribution in [3.63, 3.8) is 0 Å². The first-order chi connectivity index (χ1) is 24.3. The van der Waals surface area contributed by atoms with Crippen molar-refractivity contribution in [2.24, 2.45) is 5.92 Å². The molecule has 0 heterocycles. The summed E-state index contributed by atoms with van der Waals surface area (Å²) in [7, 11) is -2.72. The Kier molecular flexibility index (Phi) is 12.0. The summed E-state index contributed by atoms with van der Waals surface area (Å²) < 4.78 is 19.8. The minimum absolute atomic E-state index is 0.103. The SMILES string of the molecule is CC(C)(C)[Si](OC[C@@H](O)CO[C@@H]1CCC[C@H](COc2cccc(C(c3ccccc3)c3ccccc3)c2)C1)(c1ccccc1)c1ccccc1. The zero-order valence-electron chi connectivity index (χ0n) is 29.8. The number of benzene rings is 5. The molecule has 0 saturated heterocycles. The summed E-state index contributed by atoms with van der Waals surface area (Å²) in [6.45, 7) is 7.92. The molecule has 1 saturated carbocycles. The fourth-order valence-corrected chi connectivity index (χ4v) is 12.3. The second-order valence-corrected chi connectivity index (χ2v) is 19.1. The van der Waals surface area contributed by atoms with Crippen LogP contribution < -0.4 is 15.1 Å². The van der Waals surface area contributed by atoms with Crippen LogP contribution in [-0.4, -0.2) is 45.5 Å². The van der Waals surface area contributed by atoms with E-state index in [0.717, 1.165) is 31.4 Å². The Morgan fingerprint density at radius 1 is 0.660 bits per heavy atom. The van der Waals surface area contributed by atoms with Gasteiger partial charge in [-0.2, -0.15) is 0 Å². The van der Waals surface area contributed by atoms with Crippen LogP contribution in [0, 0.1) is 5.92 Å². The molecule has 3 atom stereocenters. The molecule has 0 bridgehead atoms. The van der Waals surface area contributed by atoms with E-state index in [4.69, 9.17) is 13.9 Å². The van der Waals surface area contributed by atoms with Crippen molar-refractivity contribution < 1.29 is 19.0 Å². The topological polar surface area (TPSA) is 47.9 Å². The lowest BCUT2D eigenvalue weighted by molar-refractivity contribution is -0.0477. The highest BCUT2D eigenvalue weighted by Gasteiger charge is 2.50. The van der Waals surface area contributed by atoms with E-state index in [1.807, 2.05) is 12.1 Å². The summed E-state index contributed by atoms with van der Waals surface area (Å²) in [5.74, 6) is 1.45. The molecular formula is C45H52O4Si. The molecular weight excluding hydrogens is 633 g/mol. The molecule has 5 aromatic rings. The van der Waals surface area contributed by atoms with Gasteiger partial charge in [0.25, 0.3) is 8.32 Å². The number of aliphatic hydroxyl groups is 1. The molecule has 0 radical (unpaired) electrons. The van der Waals surface area contributed by atoms with Crippen molar-refractivity contribution in [2.75, 3.05) is 19.8 Å². The molecule has 50 heavy (non-hydrogen) atoms. The first kappa shape index (κ1) is 35.8. The van der Waals surface area contributed by atoms with Crippen molar-refractivity contribution in [2.45, 2.75) is 69.6 Å². The molecule has 1 aliphatic rings. The van der Waals surface area contributed by atoms with Crippen molar-refractivity contribution in [3.05, 3.63) is 162 Å². The fraction of sp³-hybridized carbons (Fsp3) is 0.333. The zero-order valence-corrected chi connectivity index (χ0v) is 30.8. The van der Waals surface area contributed by atoms with Crippen LogP contribution in [0.2, 0.25) is 5.04 Å². The molecule has 0 spiro atoms. The highest BCUT2D eigenvalue weighted by atomic mass is 28.4. The molecule has 0 aliphatic heterocycles. The Labute approximate surface area is 300 Å². The minimum atomic E-state index is -2.72. The van der Waals surface area contributed by atoms with E-state index < -0.39 is 14.4 Å². The average Bonchev–Trinajstić information content (AvgIpc) is 3.15. The molecule has 1 fully saturated rings. The number of ether oxygens (including phenoxy) is 2. The van der Waals surface area contributed by atoms with Crippen molar-refractivity contribution >= 4 is 18.7 Å². The van der Waals surface area contributed by atoms with Gasteiger partial charge in [0.2, 0.25) is 0 Å². The van der Waals surface area contributed by atoms with E-state index in [2.05, 4.69) is 154 Å². The summed E-state index contributed by atoms with van der Waals surface area (Å²) in [4.78, 5) is 0. The zero-order chi connectivity index (χ0) is 34.8. The highest BCUT2D eigenvalue weighted by molar-refractivity contribution is 6.99. The highest BCUT2D eigenvalue weighted by Crippen LogP contribution is 2.37. The Morgan fingerprint density at radius 2 is 1.20 bits per heavy atom. The third kappa shape index (κ3) is 8.65. The standard InChI is InChI=1S/C45H52O4Si/c1-45(2,3)50(42-26-12-6-13-27-42,43-28-14-7-15-29-43)49-34-39(46)33-48-40-24-16-18-35(30-40)32-47-41-25-17-23-38(31-41)44(36-19-8-4-9-20-36)37-21-10-5-11-22-37/h4-15,17,19-23,25-29,31,35,39-40,44,46H,16,18,24,30,32-34H2,1-3H3/t35-,39-,40+/m0/s1. The van der Waals surface area contributed by atoms with E-state index in [1.165, 1.54) is 27.1 Å². The van der Waals surface area contributed by atoms with Gasteiger partial charge in [-0.3, -0.25) is 0 Å². The van der Waals surface area contributed by atoms with E-state index in [0.29, 0.717) is 12.5 Å². The largest absolute Gasteiger partial charge is 0.493 e. The third-order valence-electron chi connectivity index (χ3n) is 10.1. The van der Waals surface area contributed by atoms with Gasteiger partial charge < -0.3 is 19.0 Å². The lowest BCUT2D eigenvalue weighted by atomic mass is 9.85. The number of hydrogen-bond donors (Lipinski definition) is 1. The van der Waals surface area contributed by atoms with Gasteiger partial charge in [-0.05, 0) is 69.4 Å². The van der Waals surface area contributed by atoms with Gasteiger partial charge in [-0.15, -0.1) is 0 Å². The lowest BCUT2D eigenvalue weighted by Crippen LogP contribution is -2.67. The van der Waals surface area contributed by atoms with Gasteiger partial charge in [0.05, 0.1) is 32.0 Å². The Balaban J connectivity index is 1.05. The second kappa shape index (κ2) is 16.8. The summed E-state index contributed by atoms with van der Waals surface area (Å²) >= 11 is 0. The Bertz CT molecular complexity index is 1640. The molecule has 1 aliphatic carbocycles. The second-order valence-electron chi connectivity index (χ2n) is 14.8. The van der Waals surface area contributed by atoms with Gasteiger partial charge in [-0.1, -0.05) is 161 Å². The predicted octanol–water partition coefficient (Wildman–Crippen LogP) is 8.76. The first-order valence-electron chi connectivity index (χ1n) is 18.2. The maximum absolute atomic E-state index is 11.2. The number of rotatable bonds is 14. The van der Waals surface area contributed by atoms with Crippen molar-refractivity contribution in [1.82, 2.24) is 0 Å². The minimum Gasteiger partial charge on any atom is -0.493 e. The molecule has 1 N–H and O–H groups in total. The molecule has 0 aromatic heterocycles. The molecule has 0 amide bonds. The van der Waals surface area contributed by atoms with Gasteiger partial charge >= 0.3 is 0 Å². The van der Waals surface area contributed by atoms with Crippen molar-refractivity contribution in [1.29, 1.82) is 0 Å². The molecule has 5 heteroatoms. The van der Waals surface area contributed by atoms with E-state index in [-0.39, 0.29) is 30.3 Å². The third-order valence-corrected chi connectivity index (χ3v) is 15.1. The van der Waals surface area contributed by atoms with E-state index in [1.54, 1.807) is 0 Å². The smallest absolute Gasteiger partial charge is 0.261 e. The maximum Gasteiger partial charge on any atom is 0.261 e. The summed E-state index contributed by atoms with van der Waals surface area (Å²) in [5.41, 5.74) is 3.75. The van der Waals surface area contributed by atoms with Crippen LogP contribution in [0.1, 0.15) is 69.1 Å². The maximum atomic E-state index is 11.2. The number of hydrogen-bond acceptors (Lipinski definition) is 4. The Hall–Kier alpha value is -4.00. The molecule has 5 aromatic carbocycles. The van der Waals surface area contributed by atoms with Gasteiger partial charge in [-0.25, -0.2) is 0 Å². The average molecular weight is 685 g/mol. The Morgan fingerprint density at radius 3 is 1.76 bits per heavy atom. The van der Waals surface area contributed by atoms with Crippen molar-refractivity contribution in [3.8, 4) is 5.75 Å². The predicted molar refractivity (Wildman–Crippen MR) is 207 cm³/mol. The van der Waals surface area contributed by atoms with Gasteiger partial charge in [0, 0.05) is 5.92 Å². The van der Waals surface area contributed by atoms with Crippen LogP contribution in [0.5, 0.6) is 5.75 Å². The van der Waals surface area contributed by atoms with Crippen LogP contribution in [0.3, 0.4) is 0 Å². The molecule has 0 unspecified atom stereocenters. The van der Waals surface area contributed by atoms with Crippen LogP contribution >= 0.6 is 0 Å². The van der Waals surface area contributed by atoms with E-state index in [9.17, 15) is 5.11 Å². The van der Waals surface area contributed by atoms with E-state index >= 15 is 0 Å². The van der Waals surface area contributed by atoms with Gasteiger partial charge in [0.15, 0.2) is 0 Å². The molecule has 4 nitrogen and oxygen atoms in total. The van der Waals surface area contributed by atoms with Crippen LogP contribution in [-0.2, 0) is 9.16 Å². The van der Waals surface area contributed by atoms with Crippen LogP contribution in [0.4, 0.5) is 0 Å². The molecule has 6 rings (SSSR count). The molecule has 260 valence electrons. The lowest BCUT2D eigenvalue weighted by Gasteiger charge is -2.43. The summed E-state index contributed by atoms with van der Waals surface area (Å²) in [6.07, 6.45) is 3.54. The first-order valence-corrected chi connectivity index (χ1v) is 20.1. The van der Waals surface area contributed by atoms with Gasteiger partial charge in [0.1, 0.15) is 5.75 Å². The summed E-state index contributed by atoms with van der Waals surface area (Å²) in [6, 6.07) is 51.1. The quantitative estimate of drug-likeness (QED) is 0.0939.